The molecule has 1 aromatic carbocycles. The third-order valence-electron chi connectivity index (χ3n) is 1.76. The molecule has 0 fully saturated rings. The van der Waals surface area contributed by atoms with Gasteiger partial charge in [0, 0.05) is 12.1 Å². The van der Waals surface area contributed by atoms with Crippen LogP contribution >= 0.6 is 0 Å². The number of carbonyl (C=O) groups is 1. The maximum Gasteiger partial charge on any atom is 0.224 e. The van der Waals surface area contributed by atoms with Crippen LogP contribution in [0.4, 0.5) is 15.8 Å². The van der Waals surface area contributed by atoms with Gasteiger partial charge in [-0.25, -0.2) is 4.39 Å². The van der Waals surface area contributed by atoms with E-state index in [2.05, 4.69) is 5.32 Å². The van der Waals surface area contributed by atoms with Crippen LogP contribution in [-0.2, 0) is 4.79 Å². The monoisotopic (exact) mass is 196 g/mol. The fourth-order valence-electron chi connectivity index (χ4n) is 1.07. The number of nitrogens with two attached hydrogens (primary N) is 1. The molecule has 0 aliphatic carbocycles. The molecule has 0 atom stereocenters. The second kappa shape index (κ2) is 4.60. The maximum absolute atomic E-state index is 12.7. The summed E-state index contributed by atoms with van der Waals surface area (Å²) in [6.45, 7) is 1.92. The number of carbonyl (C=O) groups excluding carboxylic acids is 1. The SMILES string of the molecule is CCCC(=O)Nc1ccc(F)c(N)c1. The Morgan fingerprint density at radius 1 is 1.57 bits per heavy atom. The summed E-state index contributed by atoms with van der Waals surface area (Å²) in [5.41, 5.74) is 5.91. The van der Waals surface area contributed by atoms with Gasteiger partial charge in [-0.3, -0.25) is 4.79 Å². The number of amides is 1. The molecule has 1 aromatic rings. The Kier molecular flexibility index (Phi) is 3.45. The molecule has 0 heterocycles. The molecule has 0 bridgehead atoms. The lowest BCUT2D eigenvalue weighted by Crippen LogP contribution is -2.10. The Morgan fingerprint density at radius 3 is 2.86 bits per heavy atom. The molecule has 0 radical (unpaired) electrons. The number of hydrogen-bond acceptors (Lipinski definition) is 2. The van der Waals surface area contributed by atoms with E-state index in [1.54, 1.807) is 0 Å². The van der Waals surface area contributed by atoms with Gasteiger partial charge in [-0.1, -0.05) is 6.92 Å². The molecule has 0 unspecified atom stereocenters. The molecule has 3 nitrogen and oxygen atoms in total. The number of benzene rings is 1. The van der Waals surface area contributed by atoms with Crippen molar-refractivity contribution in [2.45, 2.75) is 19.8 Å². The number of hydrogen-bond donors (Lipinski definition) is 2. The molecular weight excluding hydrogens is 183 g/mol. The van der Waals surface area contributed by atoms with Crippen LogP contribution in [0, 0.1) is 5.82 Å². The van der Waals surface area contributed by atoms with Crippen molar-refractivity contribution in [2.24, 2.45) is 0 Å². The van der Waals surface area contributed by atoms with Gasteiger partial charge in [0.15, 0.2) is 0 Å². The van der Waals surface area contributed by atoms with E-state index in [0.29, 0.717) is 12.1 Å². The van der Waals surface area contributed by atoms with Gasteiger partial charge >= 0.3 is 0 Å². The predicted octanol–water partition coefficient (Wildman–Crippen LogP) is 2.15. The smallest absolute Gasteiger partial charge is 0.224 e. The molecule has 0 aliphatic heterocycles. The summed E-state index contributed by atoms with van der Waals surface area (Å²) in [5.74, 6) is -0.558. The van der Waals surface area contributed by atoms with Gasteiger partial charge in [0.05, 0.1) is 5.69 Å². The van der Waals surface area contributed by atoms with E-state index in [9.17, 15) is 9.18 Å². The van der Waals surface area contributed by atoms with Crippen molar-refractivity contribution in [2.75, 3.05) is 11.1 Å². The molecule has 1 rings (SSSR count). The first-order valence-corrected chi connectivity index (χ1v) is 4.48. The average Bonchev–Trinajstić information content (AvgIpc) is 2.12. The fraction of sp³-hybridized carbons (Fsp3) is 0.300. The first-order chi connectivity index (χ1) is 6.63. The van der Waals surface area contributed by atoms with Crippen molar-refractivity contribution >= 4 is 17.3 Å². The molecular formula is C10H13FN2O. The largest absolute Gasteiger partial charge is 0.396 e. The summed E-state index contributed by atoms with van der Waals surface area (Å²) in [5, 5.41) is 2.63. The van der Waals surface area contributed by atoms with Crippen LogP contribution in [-0.4, -0.2) is 5.91 Å². The number of nitrogen functional groups attached to an aromatic ring is 1. The van der Waals surface area contributed by atoms with Gasteiger partial charge in [-0.05, 0) is 24.6 Å². The first kappa shape index (κ1) is 10.5. The second-order valence-electron chi connectivity index (χ2n) is 3.03. The zero-order valence-electron chi connectivity index (χ0n) is 8.01. The van der Waals surface area contributed by atoms with E-state index < -0.39 is 5.82 Å². The summed E-state index contributed by atoms with van der Waals surface area (Å²) in [6, 6.07) is 4.12. The third kappa shape index (κ3) is 2.73. The normalized spacial score (nSPS) is 9.86. The van der Waals surface area contributed by atoms with Gasteiger partial charge in [0.1, 0.15) is 5.82 Å². The minimum absolute atomic E-state index is 0.0410. The number of nitrogens with one attached hydrogen (secondary N) is 1. The zero-order valence-corrected chi connectivity index (χ0v) is 8.01. The molecule has 14 heavy (non-hydrogen) atoms. The van der Waals surface area contributed by atoms with E-state index in [1.165, 1.54) is 18.2 Å². The van der Waals surface area contributed by atoms with Crippen molar-refractivity contribution in [3.63, 3.8) is 0 Å². The third-order valence-corrected chi connectivity index (χ3v) is 1.76. The highest BCUT2D eigenvalue weighted by Gasteiger charge is 2.03. The van der Waals surface area contributed by atoms with E-state index in [-0.39, 0.29) is 11.6 Å². The Hall–Kier alpha value is -1.58. The van der Waals surface area contributed by atoms with Gasteiger partial charge in [0.25, 0.3) is 0 Å². The molecule has 76 valence electrons. The lowest BCUT2D eigenvalue weighted by atomic mass is 10.2. The van der Waals surface area contributed by atoms with Crippen LogP contribution in [0.3, 0.4) is 0 Å². The molecule has 4 heteroatoms. The van der Waals surface area contributed by atoms with E-state index in [4.69, 9.17) is 5.73 Å². The Bertz CT molecular complexity index is 339. The molecule has 3 N–H and O–H groups in total. The highest BCUT2D eigenvalue weighted by atomic mass is 19.1. The number of halogens is 1. The minimum atomic E-state index is -0.474. The summed E-state index contributed by atoms with van der Waals surface area (Å²) in [6.07, 6.45) is 1.24. The van der Waals surface area contributed by atoms with E-state index in [1.807, 2.05) is 6.92 Å². The van der Waals surface area contributed by atoms with Crippen LogP contribution in [0.25, 0.3) is 0 Å². The molecule has 0 aromatic heterocycles. The summed E-state index contributed by atoms with van der Waals surface area (Å²) >= 11 is 0. The fourth-order valence-corrected chi connectivity index (χ4v) is 1.07. The van der Waals surface area contributed by atoms with Gasteiger partial charge in [0.2, 0.25) is 5.91 Å². The average molecular weight is 196 g/mol. The van der Waals surface area contributed by atoms with Crippen molar-refractivity contribution in [3.05, 3.63) is 24.0 Å². The van der Waals surface area contributed by atoms with Crippen molar-refractivity contribution < 1.29 is 9.18 Å². The highest BCUT2D eigenvalue weighted by molar-refractivity contribution is 5.91. The van der Waals surface area contributed by atoms with Crippen LogP contribution in [0.1, 0.15) is 19.8 Å². The number of anilines is 2. The molecule has 0 saturated carbocycles. The zero-order chi connectivity index (χ0) is 10.6. The second-order valence-corrected chi connectivity index (χ2v) is 3.03. The van der Waals surface area contributed by atoms with Gasteiger partial charge in [-0.15, -0.1) is 0 Å². The summed E-state index contributed by atoms with van der Waals surface area (Å²) in [7, 11) is 0. The standard InChI is InChI=1S/C10H13FN2O/c1-2-3-10(14)13-7-4-5-8(11)9(12)6-7/h4-6H,2-3,12H2,1H3,(H,13,14). The molecule has 1 amide bonds. The predicted molar refractivity (Wildman–Crippen MR) is 54.4 cm³/mol. The molecule has 0 spiro atoms. The van der Waals surface area contributed by atoms with E-state index in [0.717, 1.165) is 6.42 Å². The highest BCUT2D eigenvalue weighted by Crippen LogP contribution is 2.16. The van der Waals surface area contributed by atoms with Gasteiger partial charge in [-0.2, -0.15) is 0 Å². The number of rotatable bonds is 3. The lowest BCUT2D eigenvalue weighted by Gasteiger charge is -2.05. The van der Waals surface area contributed by atoms with Crippen molar-refractivity contribution in [3.8, 4) is 0 Å². The Morgan fingerprint density at radius 2 is 2.29 bits per heavy atom. The minimum Gasteiger partial charge on any atom is -0.396 e. The van der Waals surface area contributed by atoms with E-state index >= 15 is 0 Å². The van der Waals surface area contributed by atoms with Crippen LogP contribution in [0.5, 0.6) is 0 Å². The molecule has 0 saturated heterocycles. The Balaban J connectivity index is 2.68. The molecule has 0 aliphatic rings. The van der Waals surface area contributed by atoms with Crippen LogP contribution < -0.4 is 11.1 Å². The van der Waals surface area contributed by atoms with Crippen molar-refractivity contribution in [1.29, 1.82) is 0 Å². The van der Waals surface area contributed by atoms with Gasteiger partial charge < -0.3 is 11.1 Å². The van der Waals surface area contributed by atoms with Crippen molar-refractivity contribution in [1.82, 2.24) is 0 Å². The Labute approximate surface area is 82.1 Å². The summed E-state index contributed by atoms with van der Waals surface area (Å²) < 4.78 is 12.7. The van der Waals surface area contributed by atoms with Crippen LogP contribution in [0.2, 0.25) is 0 Å². The first-order valence-electron chi connectivity index (χ1n) is 4.48. The topological polar surface area (TPSA) is 55.1 Å². The summed E-state index contributed by atoms with van der Waals surface area (Å²) in [4.78, 5) is 11.2. The quantitative estimate of drug-likeness (QED) is 0.728. The lowest BCUT2D eigenvalue weighted by molar-refractivity contribution is -0.116. The maximum atomic E-state index is 12.7. The van der Waals surface area contributed by atoms with Crippen LogP contribution in [0.15, 0.2) is 18.2 Å².